The van der Waals surface area contributed by atoms with Gasteiger partial charge in [-0.3, -0.25) is 4.79 Å². The van der Waals surface area contributed by atoms with E-state index in [1.165, 1.54) is 11.8 Å². The van der Waals surface area contributed by atoms with Crippen LogP contribution in [-0.2, 0) is 14.9 Å². The van der Waals surface area contributed by atoms with Gasteiger partial charge in [0, 0.05) is 11.1 Å². The van der Waals surface area contributed by atoms with Crippen molar-refractivity contribution in [3.63, 3.8) is 0 Å². The van der Waals surface area contributed by atoms with E-state index in [1.54, 1.807) is 24.3 Å². The maximum Gasteiger partial charge on any atom is 0.338 e. The number of benzene rings is 1. The molecule has 2 rings (SSSR count). The van der Waals surface area contributed by atoms with Crippen LogP contribution in [0.4, 0.5) is 5.69 Å². The third-order valence-electron chi connectivity index (χ3n) is 3.51. The molecule has 1 aromatic carbocycles. The third kappa shape index (κ3) is 6.71. The lowest BCUT2D eigenvalue weighted by Crippen LogP contribution is -2.14. The first-order valence-corrected chi connectivity index (χ1v) is 9.82. The highest BCUT2D eigenvalue weighted by Crippen LogP contribution is 2.24. The monoisotopic (exact) mass is 391 g/mol. The molecular weight excluding hydrogens is 366 g/mol. The molecule has 0 aliphatic heterocycles. The van der Waals surface area contributed by atoms with E-state index in [4.69, 9.17) is 9.15 Å². The summed E-state index contributed by atoms with van der Waals surface area (Å²) >= 11 is 1.18. The van der Waals surface area contributed by atoms with E-state index >= 15 is 0 Å². The molecule has 0 saturated heterocycles. The summed E-state index contributed by atoms with van der Waals surface area (Å²) in [6.07, 6.45) is 1.81. The van der Waals surface area contributed by atoms with Gasteiger partial charge >= 0.3 is 5.97 Å². The van der Waals surface area contributed by atoms with Gasteiger partial charge in [0.2, 0.25) is 11.8 Å². The highest BCUT2D eigenvalue weighted by atomic mass is 32.2. The van der Waals surface area contributed by atoms with E-state index in [-0.39, 0.29) is 23.0 Å². The Labute approximate surface area is 163 Å². The van der Waals surface area contributed by atoms with Gasteiger partial charge in [-0.25, -0.2) is 4.79 Å². The summed E-state index contributed by atoms with van der Waals surface area (Å²) in [5.41, 5.74) is 0.832. The summed E-state index contributed by atoms with van der Waals surface area (Å²) in [4.78, 5) is 23.9. The van der Waals surface area contributed by atoms with E-state index in [0.717, 1.165) is 12.8 Å². The summed E-state index contributed by atoms with van der Waals surface area (Å²) in [6.45, 7) is 8.38. The molecule has 0 atom stereocenters. The first kappa shape index (κ1) is 21.0. The molecule has 0 aliphatic carbocycles. The number of esters is 1. The minimum atomic E-state index is -0.358. The van der Waals surface area contributed by atoms with Crippen LogP contribution in [0.25, 0.3) is 0 Å². The first-order chi connectivity index (χ1) is 12.8. The molecule has 0 saturated carbocycles. The highest BCUT2D eigenvalue weighted by Gasteiger charge is 2.21. The highest BCUT2D eigenvalue weighted by molar-refractivity contribution is 7.99. The van der Waals surface area contributed by atoms with E-state index < -0.39 is 0 Å². The van der Waals surface area contributed by atoms with Crippen molar-refractivity contribution in [3.8, 4) is 0 Å². The fourth-order valence-electron chi connectivity index (χ4n) is 1.98. The van der Waals surface area contributed by atoms with Crippen LogP contribution in [0, 0.1) is 0 Å². The zero-order valence-corrected chi connectivity index (χ0v) is 16.9. The molecule has 1 aromatic heterocycles. The van der Waals surface area contributed by atoms with Crippen molar-refractivity contribution in [3.05, 3.63) is 35.7 Å². The van der Waals surface area contributed by atoms with E-state index in [9.17, 15) is 9.59 Å². The van der Waals surface area contributed by atoms with Gasteiger partial charge in [0.25, 0.3) is 5.22 Å². The molecule has 0 spiro atoms. The van der Waals surface area contributed by atoms with Crippen molar-refractivity contribution in [1.29, 1.82) is 0 Å². The lowest BCUT2D eigenvalue weighted by Gasteiger charge is -2.10. The van der Waals surface area contributed by atoms with Crippen molar-refractivity contribution in [1.82, 2.24) is 10.2 Å². The number of anilines is 1. The minimum absolute atomic E-state index is 0.145. The number of ether oxygens (including phenoxy) is 1. The number of unbranched alkanes of at least 4 members (excludes halogenated alkanes) is 1. The second-order valence-electron chi connectivity index (χ2n) is 7.03. The van der Waals surface area contributed by atoms with Crippen LogP contribution < -0.4 is 5.32 Å². The van der Waals surface area contributed by atoms with Crippen LogP contribution in [0.2, 0.25) is 0 Å². The van der Waals surface area contributed by atoms with Gasteiger partial charge in [-0.15, -0.1) is 10.2 Å². The van der Waals surface area contributed by atoms with Crippen LogP contribution in [-0.4, -0.2) is 34.4 Å². The topological polar surface area (TPSA) is 94.3 Å². The predicted octanol–water partition coefficient (Wildman–Crippen LogP) is 4.05. The Morgan fingerprint density at radius 2 is 1.89 bits per heavy atom. The smallest absolute Gasteiger partial charge is 0.338 e. The Morgan fingerprint density at radius 1 is 1.19 bits per heavy atom. The number of carbonyl (C=O) groups excluding carboxylic acids is 2. The quantitative estimate of drug-likeness (QED) is 0.412. The van der Waals surface area contributed by atoms with Crippen LogP contribution >= 0.6 is 11.8 Å². The second-order valence-corrected chi connectivity index (χ2v) is 7.95. The van der Waals surface area contributed by atoms with Crippen molar-refractivity contribution in [2.24, 2.45) is 0 Å². The second kappa shape index (κ2) is 9.55. The summed E-state index contributed by atoms with van der Waals surface area (Å²) in [6, 6.07) is 6.60. The zero-order valence-electron chi connectivity index (χ0n) is 16.1. The Balaban J connectivity index is 1.81. The lowest BCUT2D eigenvalue weighted by molar-refractivity contribution is -0.113. The van der Waals surface area contributed by atoms with Crippen LogP contribution in [0.5, 0.6) is 0 Å². The van der Waals surface area contributed by atoms with E-state index in [0.29, 0.717) is 29.0 Å². The average molecular weight is 391 g/mol. The van der Waals surface area contributed by atoms with Crippen LogP contribution in [0.15, 0.2) is 33.9 Å². The molecule has 1 amide bonds. The molecule has 146 valence electrons. The van der Waals surface area contributed by atoms with Crippen molar-refractivity contribution in [2.45, 2.75) is 51.2 Å². The number of nitrogens with zero attached hydrogens (tertiary/aromatic N) is 2. The number of nitrogens with one attached hydrogen (secondary N) is 1. The standard InChI is InChI=1S/C19H25N3O4S/c1-5-6-11-25-16(24)13-7-9-14(10-8-13)20-15(23)12-27-18-22-21-17(26-18)19(2,3)4/h7-10H,5-6,11-12H2,1-4H3,(H,20,23). The van der Waals surface area contributed by atoms with Gasteiger partial charge in [-0.2, -0.15) is 0 Å². The number of hydrogen-bond acceptors (Lipinski definition) is 7. The fourth-order valence-corrected chi connectivity index (χ4v) is 2.54. The Hall–Kier alpha value is -2.35. The molecular formula is C19H25N3O4S. The van der Waals surface area contributed by atoms with E-state index in [1.807, 2.05) is 27.7 Å². The van der Waals surface area contributed by atoms with E-state index in [2.05, 4.69) is 15.5 Å². The zero-order chi connectivity index (χ0) is 19.9. The SMILES string of the molecule is CCCCOC(=O)c1ccc(NC(=O)CSc2nnc(C(C)(C)C)o2)cc1. The van der Waals surface area contributed by atoms with Crippen molar-refractivity contribution < 1.29 is 18.7 Å². The normalized spacial score (nSPS) is 11.3. The molecule has 1 N–H and O–H groups in total. The minimum Gasteiger partial charge on any atom is -0.462 e. The third-order valence-corrected chi connectivity index (χ3v) is 4.33. The molecule has 0 aliphatic rings. The van der Waals surface area contributed by atoms with Crippen molar-refractivity contribution in [2.75, 3.05) is 17.7 Å². The fraction of sp³-hybridized carbons (Fsp3) is 0.474. The Bertz CT molecular complexity index is 766. The first-order valence-electron chi connectivity index (χ1n) is 8.83. The molecule has 0 radical (unpaired) electrons. The van der Waals surface area contributed by atoms with Gasteiger partial charge in [-0.1, -0.05) is 45.9 Å². The maximum absolute atomic E-state index is 12.1. The molecule has 7 nitrogen and oxygen atoms in total. The summed E-state index contributed by atoms with van der Waals surface area (Å²) in [5, 5.41) is 11.1. The van der Waals surface area contributed by atoms with Crippen LogP contribution in [0.3, 0.4) is 0 Å². The van der Waals surface area contributed by atoms with Gasteiger partial charge in [0.1, 0.15) is 0 Å². The largest absolute Gasteiger partial charge is 0.462 e. The summed E-state index contributed by atoms with van der Waals surface area (Å²) in [5.74, 6) is 0.121. The van der Waals surface area contributed by atoms with Crippen molar-refractivity contribution >= 4 is 29.3 Å². The molecule has 27 heavy (non-hydrogen) atoms. The molecule has 1 heterocycles. The van der Waals surface area contributed by atoms with Gasteiger partial charge in [-0.05, 0) is 30.7 Å². The number of hydrogen-bond donors (Lipinski definition) is 1. The summed E-state index contributed by atoms with van der Waals surface area (Å²) < 4.78 is 10.7. The van der Waals surface area contributed by atoms with Crippen LogP contribution in [0.1, 0.15) is 56.8 Å². The number of thioether (sulfide) groups is 1. The number of amides is 1. The van der Waals surface area contributed by atoms with Gasteiger partial charge < -0.3 is 14.5 Å². The summed E-state index contributed by atoms with van der Waals surface area (Å²) in [7, 11) is 0. The molecule has 0 unspecified atom stereocenters. The average Bonchev–Trinajstić information content (AvgIpc) is 3.10. The number of aromatic nitrogens is 2. The molecule has 0 bridgehead atoms. The number of carbonyl (C=O) groups is 2. The predicted molar refractivity (Wildman–Crippen MR) is 104 cm³/mol. The van der Waals surface area contributed by atoms with Gasteiger partial charge in [0.15, 0.2) is 0 Å². The Kier molecular flexibility index (Phi) is 7.41. The lowest BCUT2D eigenvalue weighted by atomic mass is 9.97. The molecule has 2 aromatic rings. The molecule has 0 fully saturated rings. The maximum atomic E-state index is 12.1. The Morgan fingerprint density at radius 3 is 2.48 bits per heavy atom. The molecule has 8 heteroatoms. The number of rotatable bonds is 8. The van der Waals surface area contributed by atoms with Gasteiger partial charge in [0.05, 0.1) is 17.9 Å².